The summed E-state index contributed by atoms with van der Waals surface area (Å²) in [6, 6.07) is 9.12. The van der Waals surface area contributed by atoms with Crippen LogP contribution in [0.3, 0.4) is 0 Å². The fourth-order valence-corrected chi connectivity index (χ4v) is 2.84. The molecule has 5 heteroatoms. The lowest BCUT2D eigenvalue weighted by atomic mass is 9.91. The zero-order chi connectivity index (χ0) is 15.6. The molecule has 1 aromatic heterocycles. The zero-order valence-electron chi connectivity index (χ0n) is 12.3. The third-order valence-corrected chi connectivity index (χ3v) is 3.97. The molecule has 1 aliphatic rings. The van der Waals surface area contributed by atoms with Crippen molar-refractivity contribution in [1.82, 2.24) is 9.88 Å². The number of pyridine rings is 1. The van der Waals surface area contributed by atoms with E-state index in [1.54, 1.807) is 24.5 Å². The van der Waals surface area contributed by atoms with E-state index in [1.165, 1.54) is 24.3 Å². The molecular weight excluding hydrogens is 283 g/mol. The van der Waals surface area contributed by atoms with Crippen molar-refractivity contribution in [3.63, 3.8) is 0 Å². The van der Waals surface area contributed by atoms with E-state index >= 15 is 0 Å². The standard InChI is InChI=1S/C17H17FN2O2/c1-20-11-2-12-22-17(20,14-7-9-19-10-8-14)16(21)13-3-5-15(18)6-4-13/h3-10H,2,11-12H2,1H3. The van der Waals surface area contributed by atoms with Gasteiger partial charge in [-0.2, -0.15) is 0 Å². The minimum Gasteiger partial charge on any atom is -0.349 e. The zero-order valence-corrected chi connectivity index (χ0v) is 12.3. The van der Waals surface area contributed by atoms with Crippen LogP contribution in [0.15, 0.2) is 48.8 Å². The summed E-state index contributed by atoms with van der Waals surface area (Å²) in [5.41, 5.74) is -0.0232. The van der Waals surface area contributed by atoms with E-state index in [9.17, 15) is 9.18 Å². The van der Waals surface area contributed by atoms with Crippen LogP contribution in [0.1, 0.15) is 22.3 Å². The summed E-state index contributed by atoms with van der Waals surface area (Å²) in [5, 5.41) is 0. The van der Waals surface area contributed by atoms with Crippen molar-refractivity contribution in [1.29, 1.82) is 0 Å². The van der Waals surface area contributed by atoms with E-state index in [2.05, 4.69) is 4.98 Å². The molecule has 0 bridgehead atoms. The Morgan fingerprint density at radius 1 is 1.23 bits per heavy atom. The smallest absolute Gasteiger partial charge is 0.214 e. The molecule has 2 heterocycles. The van der Waals surface area contributed by atoms with Gasteiger partial charge in [-0.3, -0.25) is 14.7 Å². The lowest BCUT2D eigenvalue weighted by Gasteiger charge is -2.43. The maximum absolute atomic E-state index is 13.1. The summed E-state index contributed by atoms with van der Waals surface area (Å²) in [7, 11) is 1.86. The van der Waals surface area contributed by atoms with Crippen molar-refractivity contribution in [3.05, 3.63) is 65.7 Å². The van der Waals surface area contributed by atoms with E-state index in [1.807, 2.05) is 11.9 Å². The van der Waals surface area contributed by atoms with Crippen LogP contribution in [0.4, 0.5) is 4.39 Å². The number of ketones is 1. The number of halogens is 1. The molecule has 0 N–H and O–H groups in total. The lowest BCUT2D eigenvalue weighted by molar-refractivity contribution is -0.150. The summed E-state index contributed by atoms with van der Waals surface area (Å²) < 4.78 is 19.1. The average molecular weight is 300 g/mol. The van der Waals surface area contributed by atoms with E-state index in [0.29, 0.717) is 12.2 Å². The van der Waals surface area contributed by atoms with Crippen molar-refractivity contribution in [2.75, 3.05) is 20.2 Å². The average Bonchev–Trinajstić information content (AvgIpc) is 2.56. The van der Waals surface area contributed by atoms with Gasteiger partial charge in [0.1, 0.15) is 5.82 Å². The van der Waals surface area contributed by atoms with Gasteiger partial charge in [-0.1, -0.05) is 0 Å². The first-order valence-electron chi connectivity index (χ1n) is 7.20. The number of benzene rings is 1. The molecule has 0 saturated carbocycles. The Morgan fingerprint density at radius 3 is 2.55 bits per heavy atom. The van der Waals surface area contributed by atoms with Gasteiger partial charge in [-0.15, -0.1) is 0 Å². The second-order valence-corrected chi connectivity index (χ2v) is 5.34. The number of aromatic nitrogens is 1. The van der Waals surface area contributed by atoms with Gasteiger partial charge in [0, 0.05) is 30.1 Å². The van der Waals surface area contributed by atoms with Gasteiger partial charge in [0.15, 0.2) is 0 Å². The van der Waals surface area contributed by atoms with Crippen molar-refractivity contribution >= 4 is 5.78 Å². The number of carbonyl (C=O) groups excluding carboxylic acids is 1. The Hall–Kier alpha value is -2.11. The number of carbonyl (C=O) groups is 1. The molecule has 1 fully saturated rings. The quantitative estimate of drug-likeness (QED) is 0.817. The van der Waals surface area contributed by atoms with Gasteiger partial charge >= 0.3 is 0 Å². The van der Waals surface area contributed by atoms with Crippen molar-refractivity contribution < 1.29 is 13.9 Å². The maximum Gasteiger partial charge on any atom is 0.214 e. The first-order chi connectivity index (χ1) is 10.6. The van der Waals surface area contributed by atoms with E-state index in [4.69, 9.17) is 4.74 Å². The van der Waals surface area contributed by atoms with Crippen LogP contribution in [-0.2, 0) is 10.5 Å². The molecule has 0 spiro atoms. The van der Waals surface area contributed by atoms with Gasteiger partial charge in [0.25, 0.3) is 0 Å². The van der Waals surface area contributed by atoms with E-state index < -0.39 is 5.72 Å². The summed E-state index contributed by atoms with van der Waals surface area (Å²) in [5.74, 6) is -0.562. The summed E-state index contributed by atoms with van der Waals surface area (Å²) in [4.78, 5) is 19.0. The molecule has 3 rings (SSSR count). The first-order valence-corrected chi connectivity index (χ1v) is 7.20. The van der Waals surface area contributed by atoms with Gasteiger partial charge < -0.3 is 4.74 Å². The van der Waals surface area contributed by atoms with Crippen LogP contribution in [0.25, 0.3) is 0 Å². The third kappa shape index (κ3) is 2.42. The highest BCUT2D eigenvalue weighted by Gasteiger charge is 2.47. The molecule has 1 aliphatic heterocycles. The Labute approximate surface area is 128 Å². The van der Waals surface area contributed by atoms with Crippen LogP contribution < -0.4 is 0 Å². The molecule has 114 valence electrons. The number of Topliss-reactive ketones (excluding diaryl/α,β-unsaturated/α-hetero) is 1. The maximum atomic E-state index is 13.1. The Kier molecular flexibility index (Phi) is 4.00. The van der Waals surface area contributed by atoms with Crippen LogP contribution >= 0.6 is 0 Å². The second-order valence-electron chi connectivity index (χ2n) is 5.34. The number of hydrogen-bond donors (Lipinski definition) is 0. The molecule has 1 aromatic carbocycles. The lowest BCUT2D eigenvalue weighted by Crippen LogP contribution is -2.55. The summed E-state index contributed by atoms with van der Waals surface area (Å²) >= 11 is 0. The monoisotopic (exact) mass is 300 g/mol. The van der Waals surface area contributed by atoms with Crippen molar-refractivity contribution in [2.24, 2.45) is 0 Å². The highest BCUT2D eigenvalue weighted by Crippen LogP contribution is 2.35. The number of likely N-dealkylation sites (N-methyl/N-ethyl adjacent to an activating group) is 1. The van der Waals surface area contributed by atoms with Crippen LogP contribution in [0.5, 0.6) is 0 Å². The Balaban J connectivity index is 2.09. The number of ether oxygens (including phenoxy) is 1. The van der Waals surface area contributed by atoms with Crippen LogP contribution in [-0.4, -0.2) is 35.9 Å². The molecule has 0 aliphatic carbocycles. The second kappa shape index (κ2) is 5.94. The van der Waals surface area contributed by atoms with Gasteiger partial charge in [0.05, 0.1) is 6.61 Å². The largest absolute Gasteiger partial charge is 0.349 e. The molecule has 0 amide bonds. The minimum absolute atomic E-state index is 0.194. The molecule has 4 nitrogen and oxygen atoms in total. The normalized spacial score (nSPS) is 22.5. The highest BCUT2D eigenvalue weighted by molar-refractivity contribution is 6.02. The molecule has 1 unspecified atom stereocenters. The number of rotatable bonds is 3. The van der Waals surface area contributed by atoms with Gasteiger partial charge in [-0.25, -0.2) is 4.39 Å². The fraction of sp³-hybridized carbons (Fsp3) is 0.294. The van der Waals surface area contributed by atoms with Crippen LogP contribution in [0.2, 0.25) is 0 Å². The Bertz CT molecular complexity index is 660. The number of nitrogens with zero attached hydrogens (tertiary/aromatic N) is 2. The minimum atomic E-state index is -1.18. The fourth-order valence-electron chi connectivity index (χ4n) is 2.84. The first kappa shape index (κ1) is 14.8. The van der Waals surface area contributed by atoms with Crippen LogP contribution in [0, 0.1) is 5.82 Å². The van der Waals surface area contributed by atoms with Crippen molar-refractivity contribution in [2.45, 2.75) is 12.1 Å². The molecule has 0 radical (unpaired) electrons. The summed E-state index contributed by atoms with van der Waals surface area (Å²) in [6.45, 7) is 1.24. The molecule has 1 saturated heterocycles. The van der Waals surface area contributed by atoms with Gasteiger partial charge in [0.2, 0.25) is 11.5 Å². The summed E-state index contributed by atoms with van der Waals surface area (Å²) in [6.07, 6.45) is 4.14. The molecule has 22 heavy (non-hydrogen) atoms. The van der Waals surface area contributed by atoms with E-state index in [0.717, 1.165) is 18.5 Å². The molecule has 2 aromatic rings. The topological polar surface area (TPSA) is 42.4 Å². The van der Waals surface area contributed by atoms with Gasteiger partial charge in [-0.05, 0) is 49.9 Å². The molecular formula is C17H17FN2O2. The SMILES string of the molecule is CN1CCCOC1(C(=O)c1ccc(F)cc1)c1ccncc1. The van der Waals surface area contributed by atoms with Crippen molar-refractivity contribution in [3.8, 4) is 0 Å². The number of hydrogen-bond acceptors (Lipinski definition) is 4. The predicted molar refractivity (Wildman–Crippen MR) is 79.8 cm³/mol. The Morgan fingerprint density at radius 2 is 1.91 bits per heavy atom. The molecule has 1 atom stereocenters. The third-order valence-electron chi connectivity index (χ3n) is 3.97. The van der Waals surface area contributed by atoms with E-state index in [-0.39, 0.29) is 11.6 Å². The predicted octanol–water partition coefficient (Wildman–Crippen LogP) is 2.61. The highest BCUT2D eigenvalue weighted by atomic mass is 19.1.